The first kappa shape index (κ1) is 23.6. The molecule has 1 amide bonds. The number of nitrogens with zero attached hydrogens (tertiary/aromatic N) is 3. The number of methoxy groups -OCH3 is 1. The first-order valence-electron chi connectivity index (χ1n) is 11.9. The van der Waals surface area contributed by atoms with Gasteiger partial charge in [-0.3, -0.25) is 9.59 Å². The summed E-state index contributed by atoms with van der Waals surface area (Å²) in [6.07, 6.45) is 0. The zero-order valence-electron chi connectivity index (χ0n) is 20.1. The van der Waals surface area contributed by atoms with Gasteiger partial charge in [0.2, 0.25) is 0 Å². The summed E-state index contributed by atoms with van der Waals surface area (Å²) >= 11 is 1.97. The molecule has 5 rings (SSSR count). The second kappa shape index (κ2) is 10.2. The number of nitrogens with one attached hydrogen (secondary N) is 1. The Morgan fingerprint density at radius 1 is 0.971 bits per heavy atom. The van der Waals surface area contributed by atoms with Gasteiger partial charge in [0.25, 0.3) is 5.91 Å². The van der Waals surface area contributed by atoms with E-state index in [1.807, 2.05) is 42.1 Å². The van der Waals surface area contributed by atoms with Gasteiger partial charge in [0.15, 0.2) is 16.8 Å². The molecule has 2 aliphatic rings. The van der Waals surface area contributed by atoms with Crippen molar-refractivity contribution in [2.24, 2.45) is 0 Å². The molecule has 1 aromatic heterocycles. The molecule has 35 heavy (non-hydrogen) atoms. The van der Waals surface area contributed by atoms with Crippen LogP contribution < -0.4 is 25.3 Å². The van der Waals surface area contributed by atoms with Gasteiger partial charge in [-0.05, 0) is 37.4 Å². The average molecular weight is 495 g/mol. The molecule has 0 bridgehead atoms. The molecule has 0 unspecified atom stereocenters. The average Bonchev–Trinajstić information content (AvgIpc) is 2.89. The molecule has 2 aromatic carbocycles. The van der Waals surface area contributed by atoms with Crippen LogP contribution >= 0.6 is 11.8 Å². The van der Waals surface area contributed by atoms with Crippen molar-refractivity contribution in [2.75, 3.05) is 80.0 Å². The van der Waals surface area contributed by atoms with E-state index in [1.54, 1.807) is 13.2 Å². The molecule has 2 fully saturated rings. The van der Waals surface area contributed by atoms with Crippen molar-refractivity contribution < 1.29 is 13.9 Å². The number of rotatable bonds is 5. The number of piperazine rings is 1. The lowest BCUT2D eigenvalue weighted by Gasteiger charge is -2.34. The summed E-state index contributed by atoms with van der Waals surface area (Å²) in [5.74, 6) is 2.37. The van der Waals surface area contributed by atoms with Crippen molar-refractivity contribution in [1.82, 2.24) is 4.90 Å². The summed E-state index contributed by atoms with van der Waals surface area (Å²) in [5, 5.41) is 3.27. The van der Waals surface area contributed by atoms with Gasteiger partial charge in [0.05, 0.1) is 18.2 Å². The SMILES string of the molecule is COc1cc(N2CCN(C)CC2)c2oc(C(=O)Nc3ccc(N4CCSCC4)cc3)cc(=O)c2c1. The molecule has 3 heterocycles. The summed E-state index contributed by atoms with van der Waals surface area (Å²) < 4.78 is 11.5. The molecule has 9 heteroatoms. The van der Waals surface area contributed by atoms with Crippen molar-refractivity contribution in [1.29, 1.82) is 0 Å². The van der Waals surface area contributed by atoms with Gasteiger partial charge in [-0.25, -0.2) is 0 Å². The number of anilines is 3. The highest BCUT2D eigenvalue weighted by molar-refractivity contribution is 7.99. The third-order valence-corrected chi connectivity index (χ3v) is 7.53. The molecule has 0 spiro atoms. The maximum atomic E-state index is 13.0. The predicted molar refractivity (Wildman–Crippen MR) is 143 cm³/mol. The van der Waals surface area contributed by atoms with Crippen LogP contribution in [0.5, 0.6) is 5.75 Å². The number of hydrogen-bond acceptors (Lipinski definition) is 8. The van der Waals surface area contributed by atoms with Crippen molar-refractivity contribution in [3.05, 3.63) is 58.4 Å². The summed E-state index contributed by atoms with van der Waals surface area (Å²) in [5.41, 5.74) is 2.70. The number of carbonyl (C=O) groups excluding carboxylic acids is 1. The van der Waals surface area contributed by atoms with Gasteiger partial charge in [-0.15, -0.1) is 0 Å². The molecule has 0 saturated carbocycles. The number of hydrogen-bond donors (Lipinski definition) is 1. The Hall–Kier alpha value is -3.17. The third-order valence-electron chi connectivity index (χ3n) is 6.59. The van der Waals surface area contributed by atoms with Gasteiger partial charge in [-0.1, -0.05) is 0 Å². The monoisotopic (exact) mass is 494 g/mol. The number of carbonyl (C=O) groups is 1. The molecule has 1 N–H and O–H groups in total. The van der Waals surface area contributed by atoms with Crippen LogP contribution in [0.2, 0.25) is 0 Å². The molecule has 0 atom stereocenters. The highest BCUT2D eigenvalue weighted by Gasteiger charge is 2.22. The van der Waals surface area contributed by atoms with E-state index in [-0.39, 0.29) is 11.2 Å². The molecular weight excluding hydrogens is 464 g/mol. The normalized spacial score (nSPS) is 17.0. The summed E-state index contributed by atoms with van der Waals surface area (Å²) in [6, 6.07) is 12.6. The Bertz CT molecular complexity index is 1260. The molecule has 2 aliphatic heterocycles. The van der Waals surface area contributed by atoms with E-state index in [1.165, 1.54) is 6.07 Å². The van der Waals surface area contributed by atoms with E-state index in [9.17, 15) is 9.59 Å². The van der Waals surface area contributed by atoms with Crippen LogP contribution in [0.3, 0.4) is 0 Å². The minimum atomic E-state index is -0.453. The van der Waals surface area contributed by atoms with Crippen molar-refractivity contribution in [3.63, 3.8) is 0 Å². The van der Waals surface area contributed by atoms with Crippen LogP contribution in [-0.2, 0) is 0 Å². The summed E-state index contributed by atoms with van der Waals surface area (Å²) in [6.45, 7) is 5.44. The van der Waals surface area contributed by atoms with Crippen LogP contribution in [-0.4, -0.2) is 75.7 Å². The van der Waals surface area contributed by atoms with Gasteiger partial charge >= 0.3 is 0 Å². The number of amides is 1. The predicted octanol–water partition coefficient (Wildman–Crippen LogP) is 3.36. The van der Waals surface area contributed by atoms with Gasteiger partial charge in [-0.2, -0.15) is 11.8 Å². The second-order valence-electron chi connectivity index (χ2n) is 8.89. The molecule has 0 aliphatic carbocycles. The van der Waals surface area contributed by atoms with Crippen LogP contribution in [0.15, 0.2) is 51.7 Å². The van der Waals surface area contributed by atoms with Crippen molar-refractivity contribution in [3.8, 4) is 5.75 Å². The molecule has 0 radical (unpaired) electrons. The Morgan fingerprint density at radius 3 is 2.37 bits per heavy atom. The molecular formula is C26H30N4O4S. The number of likely N-dealkylation sites (N-methyl/N-ethyl adjacent to an activating group) is 1. The highest BCUT2D eigenvalue weighted by atomic mass is 32.2. The number of ether oxygens (including phenoxy) is 1. The van der Waals surface area contributed by atoms with Crippen LogP contribution in [0.1, 0.15) is 10.6 Å². The molecule has 184 valence electrons. The first-order chi connectivity index (χ1) is 17.0. The van der Waals surface area contributed by atoms with E-state index < -0.39 is 5.91 Å². The summed E-state index contributed by atoms with van der Waals surface area (Å²) in [7, 11) is 3.66. The van der Waals surface area contributed by atoms with Crippen LogP contribution in [0.4, 0.5) is 17.1 Å². The zero-order valence-corrected chi connectivity index (χ0v) is 20.9. The standard InChI is InChI=1S/C26H30N4O4S/c1-28-7-9-30(10-8-28)22-16-20(33-2)15-21-23(31)17-24(34-25(21)22)26(32)27-18-3-5-19(6-4-18)29-11-13-35-14-12-29/h3-6,15-17H,7-14H2,1-2H3,(H,27,32). The highest BCUT2D eigenvalue weighted by Crippen LogP contribution is 2.32. The smallest absolute Gasteiger partial charge is 0.291 e. The van der Waals surface area contributed by atoms with Crippen LogP contribution in [0, 0.1) is 0 Å². The number of benzene rings is 2. The molecule has 3 aromatic rings. The minimum Gasteiger partial charge on any atom is -0.497 e. The fourth-order valence-corrected chi connectivity index (χ4v) is 5.40. The maximum Gasteiger partial charge on any atom is 0.291 e. The lowest BCUT2D eigenvalue weighted by Crippen LogP contribution is -2.44. The fourth-order valence-electron chi connectivity index (χ4n) is 4.50. The fraction of sp³-hybridized carbons (Fsp3) is 0.385. The summed E-state index contributed by atoms with van der Waals surface area (Å²) in [4.78, 5) is 32.8. The zero-order chi connectivity index (χ0) is 24.4. The number of fused-ring (bicyclic) bond motifs is 1. The first-order valence-corrected chi connectivity index (χ1v) is 13.0. The Kier molecular flexibility index (Phi) is 6.88. The van der Waals surface area contributed by atoms with E-state index in [0.29, 0.717) is 22.4 Å². The van der Waals surface area contributed by atoms with E-state index >= 15 is 0 Å². The molecule has 2 saturated heterocycles. The van der Waals surface area contributed by atoms with Gasteiger partial charge < -0.3 is 29.2 Å². The van der Waals surface area contributed by atoms with E-state index in [4.69, 9.17) is 9.15 Å². The third kappa shape index (κ3) is 5.11. The molecule has 8 nitrogen and oxygen atoms in total. The maximum absolute atomic E-state index is 13.0. The Labute approximate surface area is 208 Å². The van der Waals surface area contributed by atoms with E-state index in [0.717, 1.165) is 62.1 Å². The lowest BCUT2D eigenvalue weighted by atomic mass is 10.1. The Morgan fingerprint density at radius 2 is 1.69 bits per heavy atom. The van der Waals surface area contributed by atoms with Gasteiger partial charge in [0.1, 0.15) is 5.75 Å². The minimum absolute atomic E-state index is 0.0137. The van der Waals surface area contributed by atoms with Gasteiger partial charge in [0, 0.05) is 74.3 Å². The second-order valence-corrected chi connectivity index (χ2v) is 10.1. The number of thioether (sulfide) groups is 1. The van der Waals surface area contributed by atoms with Crippen molar-refractivity contribution >= 4 is 45.7 Å². The topological polar surface area (TPSA) is 78.3 Å². The quantitative estimate of drug-likeness (QED) is 0.579. The van der Waals surface area contributed by atoms with E-state index in [2.05, 4.69) is 27.1 Å². The lowest BCUT2D eigenvalue weighted by molar-refractivity contribution is 0.0997. The van der Waals surface area contributed by atoms with Crippen LogP contribution in [0.25, 0.3) is 11.0 Å². The van der Waals surface area contributed by atoms with Crippen molar-refractivity contribution in [2.45, 2.75) is 0 Å². The Balaban J connectivity index is 1.42. The largest absolute Gasteiger partial charge is 0.497 e.